The van der Waals surface area contributed by atoms with Gasteiger partial charge in [-0.3, -0.25) is 10.00 Å². The molecule has 0 radical (unpaired) electrons. The zero-order chi connectivity index (χ0) is 18.8. The van der Waals surface area contributed by atoms with Crippen LogP contribution in [0, 0.1) is 0 Å². The average Bonchev–Trinajstić information content (AvgIpc) is 3.04. The number of hydrogen-bond donors (Lipinski definition) is 3. The van der Waals surface area contributed by atoms with Crippen LogP contribution in [0.2, 0.25) is 4.34 Å². The van der Waals surface area contributed by atoms with Crippen molar-refractivity contribution in [1.29, 1.82) is 0 Å². The number of halogens is 1. The molecule has 0 aliphatic rings. The van der Waals surface area contributed by atoms with Crippen molar-refractivity contribution in [3.05, 3.63) is 15.8 Å². The second-order valence-corrected chi connectivity index (χ2v) is 8.27. The van der Waals surface area contributed by atoms with Crippen molar-refractivity contribution in [3.8, 4) is 5.75 Å². The van der Waals surface area contributed by atoms with E-state index < -0.39 is 21.8 Å². The maximum atomic E-state index is 12.6. The van der Waals surface area contributed by atoms with Gasteiger partial charge in [-0.25, -0.2) is 13.2 Å². The summed E-state index contributed by atoms with van der Waals surface area (Å²) in [6, 6.07) is 0.904. The molecule has 138 valence electrons. The van der Waals surface area contributed by atoms with Crippen molar-refractivity contribution in [1.82, 2.24) is 14.1 Å². The van der Waals surface area contributed by atoms with Gasteiger partial charge in [-0.1, -0.05) is 25.4 Å². The third kappa shape index (κ3) is 3.89. The lowest BCUT2D eigenvalue weighted by Crippen LogP contribution is -2.32. The minimum Gasteiger partial charge on any atom is -0.502 e. The summed E-state index contributed by atoms with van der Waals surface area (Å²) in [6.07, 6.45) is 0. The fourth-order valence-corrected chi connectivity index (χ4v) is 4.67. The van der Waals surface area contributed by atoms with E-state index in [1.165, 1.54) is 22.7 Å². The Bertz CT molecular complexity index is 873. The van der Waals surface area contributed by atoms with E-state index in [9.17, 15) is 18.3 Å². The molecule has 3 N–H and O–H groups in total. The second-order valence-electron chi connectivity index (χ2n) is 4.90. The van der Waals surface area contributed by atoms with Gasteiger partial charge in [0.1, 0.15) is 4.34 Å². The van der Waals surface area contributed by atoms with Gasteiger partial charge in [-0.05, 0) is 11.4 Å². The van der Waals surface area contributed by atoms with Gasteiger partial charge in [-0.2, -0.15) is 4.31 Å². The predicted molar refractivity (Wildman–Crippen MR) is 97.0 cm³/mol. The van der Waals surface area contributed by atoms with Gasteiger partial charge >= 0.3 is 6.03 Å². The summed E-state index contributed by atoms with van der Waals surface area (Å²) in [5.41, 5.74) is 0.399. The standard InChI is InChI=1S/C13H18ClN5O4S2/c1-4-19(5-2)25(22,23)12-9(20)11(17-18(12)3)16-13(21)15-8-6-7-24-10(8)14/h6-7,20H,4-5H2,1-3H3,(H2,15,16,17,21). The van der Waals surface area contributed by atoms with Crippen LogP contribution in [0.5, 0.6) is 5.75 Å². The molecule has 12 heteroatoms. The van der Waals surface area contributed by atoms with Gasteiger partial charge in [0.2, 0.25) is 5.03 Å². The van der Waals surface area contributed by atoms with Crippen molar-refractivity contribution in [3.63, 3.8) is 0 Å². The number of nitrogens with one attached hydrogen (secondary N) is 2. The van der Waals surface area contributed by atoms with Crippen LogP contribution in [0.1, 0.15) is 13.8 Å². The first kappa shape index (κ1) is 19.5. The van der Waals surface area contributed by atoms with E-state index >= 15 is 0 Å². The molecule has 2 aromatic rings. The van der Waals surface area contributed by atoms with Crippen molar-refractivity contribution >= 4 is 50.5 Å². The first-order chi connectivity index (χ1) is 11.7. The number of thiophene rings is 1. The van der Waals surface area contributed by atoms with Gasteiger partial charge in [0.25, 0.3) is 10.0 Å². The van der Waals surface area contributed by atoms with E-state index in [-0.39, 0.29) is 23.9 Å². The van der Waals surface area contributed by atoms with Crippen molar-refractivity contribution in [2.75, 3.05) is 23.7 Å². The summed E-state index contributed by atoms with van der Waals surface area (Å²) in [5.74, 6) is -0.891. The fourth-order valence-electron chi connectivity index (χ4n) is 2.20. The van der Waals surface area contributed by atoms with E-state index in [0.717, 1.165) is 4.68 Å². The van der Waals surface area contributed by atoms with Crippen molar-refractivity contribution < 1.29 is 18.3 Å². The molecule has 0 unspecified atom stereocenters. The van der Waals surface area contributed by atoms with Gasteiger partial charge in [0, 0.05) is 20.1 Å². The summed E-state index contributed by atoms with van der Waals surface area (Å²) in [4.78, 5) is 12.0. The first-order valence-corrected chi connectivity index (χ1v) is 9.99. The SMILES string of the molecule is CCN(CC)S(=O)(=O)c1c(O)c(NC(=O)Nc2ccsc2Cl)nn1C. The number of nitrogens with zero attached hydrogens (tertiary/aromatic N) is 3. The lowest BCUT2D eigenvalue weighted by atomic mass is 10.5. The largest absolute Gasteiger partial charge is 0.502 e. The molecule has 2 amide bonds. The van der Waals surface area contributed by atoms with Gasteiger partial charge in [0.05, 0.1) is 5.69 Å². The van der Waals surface area contributed by atoms with E-state index in [4.69, 9.17) is 11.6 Å². The number of urea groups is 1. The van der Waals surface area contributed by atoms with Crippen LogP contribution in [0.25, 0.3) is 0 Å². The second kappa shape index (κ2) is 7.60. The lowest BCUT2D eigenvalue weighted by molar-refractivity contribution is 0.262. The number of carbonyl (C=O) groups excluding carboxylic acids is 1. The quantitative estimate of drug-likeness (QED) is 0.680. The summed E-state index contributed by atoms with van der Waals surface area (Å²) >= 11 is 7.14. The van der Waals surface area contributed by atoms with Gasteiger partial charge in [-0.15, -0.1) is 16.4 Å². The van der Waals surface area contributed by atoms with Crippen LogP contribution in [0.4, 0.5) is 16.3 Å². The molecule has 0 saturated heterocycles. The number of sulfonamides is 1. The molecule has 2 rings (SSSR count). The highest BCUT2D eigenvalue weighted by Crippen LogP contribution is 2.33. The van der Waals surface area contributed by atoms with Crippen LogP contribution >= 0.6 is 22.9 Å². The first-order valence-electron chi connectivity index (χ1n) is 7.29. The Labute approximate surface area is 154 Å². The summed E-state index contributed by atoms with van der Waals surface area (Å²) in [7, 11) is -2.57. The minimum atomic E-state index is -3.94. The molecule has 0 spiro atoms. The number of amides is 2. The molecule has 0 fully saturated rings. The zero-order valence-electron chi connectivity index (χ0n) is 13.8. The number of aryl methyl sites for hydroxylation is 1. The maximum Gasteiger partial charge on any atom is 0.325 e. The molecule has 0 aliphatic heterocycles. The smallest absolute Gasteiger partial charge is 0.325 e. The highest BCUT2D eigenvalue weighted by Gasteiger charge is 2.32. The van der Waals surface area contributed by atoms with Crippen molar-refractivity contribution in [2.45, 2.75) is 18.9 Å². The molecule has 0 aromatic carbocycles. The average molecular weight is 408 g/mol. The molecular weight excluding hydrogens is 390 g/mol. The Morgan fingerprint density at radius 3 is 2.56 bits per heavy atom. The molecular formula is C13H18ClN5O4S2. The molecule has 0 saturated carbocycles. The highest BCUT2D eigenvalue weighted by molar-refractivity contribution is 7.89. The number of hydrogen-bond acceptors (Lipinski definition) is 6. The van der Waals surface area contributed by atoms with Crippen LogP contribution in [0.15, 0.2) is 16.5 Å². The Morgan fingerprint density at radius 1 is 1.40 bits per heavy atom. The van der Waals surface area contributed by atoms with E-state index in [2.05, 4.69) is 15.7 Å². The normalized spacial score (nSPS) is 11.7. The monoisotopic (exact) mass is 407 g/mol. The number of carbonyl (C=O) groups is 1. The van der Waals surface area contributed by atoms with E-state index in [1.807, 2.05) is 0 Å². The topological polar surface area (TPSA) is 117 Å². The number of aromatic hydroxyl groups is 1. The van der Waals surface area contributed by atoms with Crippen molar-refractivity contribution in [2.24, 2.45) is 7.05 Å². The van der Waals surface area contributed by atoms with E-state index in [0.29, 0.717) is 10.0 Å². The maximum absolute atomic E-state index is 12.6. The third-order valence-corrected chi connectivity index (χ3v) is 6.67. The minimum absolute atomic E-state index is 0.239. The Kier molecular flexibility index (Phi) is 5.93. The zero-order valence-corrected chi connectivity index (χ0v) is 16.2. The molecule has 2 heterocycles. The molecule has 0 aliphatic carbocycles. The van der Waals surface area contributed by atoms with Gasteiger partial charge in [0.15, 0.2) is 11.6 Å². The Balaban J connectivity index is 2.27. The lowest BCUT2D eigenvalue weighted by Gasteiger charge is -2.18. The summed E-state index contributed by atoms with van der Waals surface area (Å²) in [5, 5.41) is 20.2. The molecule has 2 aromatic heterocycles. The predicted octanol–water partition coefficient (Wildman–Crippen LogP) is 2.52. The molecule has 0 atom stereocenters. The van der Waals surface area contributed by atoms with Crippen LogP contribution in [-0.2, 0) is 17.1 Å². The summed E-state index contributed by atoms with van der Waals surface area (Å²) in [6.45, 7) is 3.85. The molecule has 25 heavy (non-hydrogen) atoms. The van der Waals surface area contributed by atoms with E-state index in [1.54, 1.807) is 25.3 Å². The van der Waals surface area contributed by atoms with Crippen LogP contribution in [-0.4, -0.2) is 46.7 Å². The van der Waals surface area contributed by atoms with Crippen LogP contribution in [0.3, 0.4) is 0 Å². The molecule has 0 bridgehead atoms. The van der Waals surface area contributed by atoms with Gasteiger partial charge < -0.3 is 10.4 Å². The number of anilines is 2. The molecule has 9 nitrogen and oxygen atoms in total. The Hall–Kier alpha value is -1.82. The third-order valence-electron chi connectivity index (χ3n) is 3.36. The Morgan fingerprint density at radius 2 is 2.04 bits per heavy atom. The number of aromatic nitrogens is 2. The van der Waals surface area contributed by atoms with Crippen LogP contribution < -0.4 is 10.6 Å². The summed E-state index contributed by atoms with van der Waals surface area (Å²) < 4.78 is 27.8. The fraction of sp³-hybridized carbons (Fsp3) is 0.385. The number of rotatable bonds is 6. The highest BCUT2D eigenvalue weighted by atomic mass is 35.5.